The predicted octanol–water partition coefficient (Wildman–Crippen LogP) is 2.57. The van der Waals surface area contributed by atoms with Crippen LogP contribution in [-0.4, -0.2) is 17.6 Å². The van der Waals surface area contributed by atoms with Crippen molar-refractivity contribution in [1.82, 2.24) is 0 Å². The van der Waals surface area contributed by atoms with Crippen LogP contribution in [-0.2, 0) is 9.59 Å². The van der Waals surface area contributed by atoms with Gasteiger partial charge in [-0.25, -0.2) is 0 Å². The molecule has 0 unspecified atom stereocenters. The normalized spacial score (nSPS) is 25.8. The first-order chi connectivity index (χ1) is 9.59. The predicted molar refractivity (Wildman–Crippen MR) is 74.4 cm³/mol. The van der Waals surface area contributed by atoms with Crippen LogP contribution in [0.5, 0.6) is 0 Å². The smallest absolute Gasteiger partial charge is 0.237 e. The van der Waals surface area contributed by atoms with Crippen LogP contribution in [0.1, 0.15) is 43.0 Å². The SMILES string of the molecule is CC(=O)c1ccc(N2C(=O)[C@@H]3CCCC[C@H]3C2=O)cc1. The highest BCUT2D eigenvalue weighted by Gasteiger charge is 2.48. The minimum Gasteiger partial charge on any atom is -0.295 e. The first-order valence-electron chi connectivity index (χ1n) is 7.08. The molecule has 2 amide bonds. The first-order valence-corrected chi connectivity index (χ1v) is 7.08. The van der Waals surface area contributed by atoms with E-state index in [1.165, 1.54) is 11.8 Å². The van der Waals surface area contributed by atoms with E-state index < -0.39 is 0 Å². The number of hydrogen-bond acceptors (Lipinski definition) is 3. The van der Waals surface area contributed by atoms with Crippen molar-refractivity contribution in [1.29, 1.82) is 0 Å². The summed E-state index contributed by atoms with van der Waals surface area (Å²) in [7, 11) is 0. The van der Waals surface area contributed by atoms with Crippen molar-refractivity contribution >= 4 is 23.3 Å². The van der Waals surface area contributed by atoms with Gasteiger partial charge >= 0.3 is 0 Å². The molecule has 2 atom stereocenters. The van der Waals surface area contributed by atoms with Gasteiger partial charge in [0, 0.05) is 5.56 Å². The fraction of sp³-hybridized carbons (Fsp3) is 0.438. The second kappa shape index (κ2) is 4.85. The van der Waals surface area contributed by atoms with Gasteiger partial charge in [-0.15, -0.1) is 0 Å². The van der Waals surface area contributed by atoms with Crippen molar-refractivity contribution < 1.29 is 14.4 Å². The molecular weight excluding hydrogens is 254 g/mol. The van der Waals surface area contributed by atoms with Crippen molar-refractivity contribution in [3.63, 3.8) is 0 Å². The molecule has 2 aliphatic rings. The van der Waals surface area contributed by atoms with E-state index in [0.717, 1.165) is 25.7 Å². The van der Waals surface area contributed by atoms with Crippen LogP contribution >= 0.6 is 0 Å². The Hall–Kier alpha value is -1.97. The first kappa shape index (κ1) is 13.0. The van der Waals surface area contributed by atoms with Gasteiger partial charge in [0.1, 0.15) is 0 Å². The molecule has 1 heterocycles. The lowest BCUT2D eigenvalue weighted by atomic mass is 9.81. The number of rotatable bonds is 2. The molecule has 20 heavy (non-hydrogen) atoms. The van der Waals surface area contributed by atoms with Crippen molar-refractivity contribution in [2.24, 2.45) is 11.8 Å². The van der Waals surface area contributed by atoms with E-state index in [4.69, 9.17) is 0 Å². The Morgan fingerprint density at radius 3 is 1.95 bits per heavy atom. The highest BCUT2D eigenvalue weighted by molar-refractivity contribution is 6.22. The van der Waals surface area contributed by atoms with Crippen molar-refractivity contribution in [2.75, 3.05) is 4.90 Å². The lowest BCUT2D eigenvalue weighted by molar-refractivity contribution is -0.122. The van der Waals surface area contributed by atoms with E-state index in [1.807, 2.05) is 0 Å². The number of amides is 2. The van der Waals surface area contributed by atoms with E-state index in [1.54, 1.807) is 24.3 Å². The van der Waals surface area contributed by atoms with Crippen molar-refractivity contribution in [3.05, 3.63) is 29.8 Å². The number of hydrogen-bond donors (Lipinski definition) is 0. The molecule has 3 rings (SSSR count). The van der Waals surface area contributed by atoms with E-state index in [9.17, 15) is 14.4 Å². The maximum Gasteiger partial charge on any atom is 0.237 e. The Bertz CT molecular complexity index is 552. The van der Waals surface area contributed by atoms with Gasteiger partial charge in [0.2, 0.25) is 11.8 Å². The van der Waals surface area contributed by atoms with Crippen LogP contribution in [0.15, 0.2) is 24.3 Å². The van der Waals surface area contributed by atoms with Gasteiger partial charge < -0.3 is 0 Å². The molecule has 1 aliphatic heterocycles. The molecule has 0 bridgehead atoms. The largest absolute Gasteiger partial charge is 0.295 e. The third-order valence-corrected chi connectivity index (χ3v) is 4.37. The lowest BCUT2D eigenvalue weighted by Crippen LogP contribution is -2.30. The highest BCUT2D eigenvalue weighted by atomic mass is 16.2. The molecule has 1 aliphatic carbocycles. The summed E-state index contributed by atoms with van der Waals surface area (Å²) in [5.41, 5.74) is 1.17. The molecule has 0 radical (unpaired) electrons. The zero-order valence-electron chi connectivity index (χ0n) is 11.5. The summed E-state index contributed by atoms with van der Waals surface area (Å²) in [6.45, 7) is 1.50. The number of anilines is 1. The molecule has 4 heteroatoms. The van der Waals surface area contributed by atoms with Crippen molar-refractivity contribution in [2.45, 2.75) is 32.6 Å². The molecule has 0 aromatic heterocycles. The molecule has 2 fully saturated rings. The second-order valence-corrected chi connectivity index (χ2v) is 5.61. The Labute approximate surface area is 117 Å². The van der Waals surface area contributed by atoms with Crippen LogP contribution in [0.3, 0.4) is 0 Å². The summed E-state index contributed by atoms with van der Waals surface area (Å²) in [4.78, 5) is 37.4. The van der Waals surface area contributed by atoms with E-state index in [0.29, 0.717) is 11.3 Å². The molecule has 1 saturated carbocycles. The third-order valence-electron chi connectivity index (χ3n) is 4.37. The molecule has 104 valence electrons. The van der Waals surface area contributed by atoms with E-state index in [2.05, 4.69) is 0 Å². The van der Waals surface area contributed by atoms with Gasteiger partial charge in [-0.3, -0.25) is 19.3 Å². The van der Waals surface area contributed by atoms with Crippen molar-refractivity contribution in [3.8, 4) is 0 Å². The summed E-state index contributed by atoms with van der Waals surface area (Å²) < 4.78 is 0. The molecular formula is C16H17NO3. The van der Waals surface area contributed by atoms with Gasteiger partial charge in [-0.1, -0.05) is 12.8 Å². The van der Waals surface area contributed by atoms with Crippen LogP contribution in [0, 0.1) is 11.8 Å². The minimum atomic E-state index is -0.135. The van der Waals surface area contributed by atoms with Gasteiger partial charge in [-0.2, -0.15) is 0 Å². The van der Waals surface area contributed by atoms with Gasteiger partial charge in [-0.05, 0) is 44.0 Å². The molecule has 1 aromatic carbocycles. The number of ketones is 1. The number of carbonyl (C=O) groups is 3. The molecule has 4 nitrogen and oxygen atoms in total. The summed E-state index contributed by atoms with van der Waals surface area (Å²) in [5, 5.41) is 0. The van der Waals surface area contributed by atoms with E-state index in [-0.39, 0.29) is 29.4 Å². The summed E-state index contributed by atoms with van der Waals surface area (Å²) in [6, 6.07) is 6.70. The zero-order chi connectivity index (χ0) is 14.3. The standard InChI is InChI=1S/C16H17NO3/c1-10(18)11-6-8-12(9-7-11)17-15(19)13-4-2-3-5-14(13)16(17)20/h6-9,13-14H,2-5H2,1H3/t13-,14-/m1/s1. The Morgan fingerprint density at radius 2 is 1.50 bits per heavy atom. The fourth-order valence-corrected chi connectivity index (χ4v) is 3.26. The van der Waals surface area contributed by atoms with Crippen LogP contribution in [0.2, 0.25) is 0 Å². The number of benzene rings is 1. The number of nitrogens with zero attached hydrogens (tertiary/aromatic N) is 1. The molecule has 1 saturated heterocycles. The maximum absolute atomic E-state index is 12.4. The van der Waals surface area contributed by atoms with Gasteiger partial charge in [0.05, 0.1) is 17.5 Å². The number of fused-ring (bicyclic) bond motifs is 1. The van der Waals surface area contributed by atoms with Crippen LogP contribution < -0.4 is 4.90 Å². The fourth-order valence-electron chi connectivity index (χ4n) is 3.26. The van der Waals surface area contributed by atoms with E-state index >= 15 is 0 Å². The minimum absolute atomic E-state index is 0.0238. The molecule has 0 N–H and O–H groups in total. The van der Waals surface area contributed by atoms with Crippen LogP contribution in [0.4, 0.5) is 5.69 Å². The average Bonchev–Trinajstić information content (AvgIpc) is 2.72. The summed E-state index contributed by atoms with van der Waals surface area (Å²) in [5.74, 6) is -0.442. The second-order valence-electron chi connectivity index (χ2n) is 5.61. The Kier molecular flexibility index (Phi) is 3.16. The maximum atomic E-state index is 12.4. The Balaban J connectivity index is 1.91. The topological polar surface area (TPSA) is 54.5 Å². The third kappa shape index (κ3) is 1.96. The lowest BCUT2D eigenvalue weighted by Gasteiger charge is -2.19. The Morgan fingerprint density at radius 1 is 1.00 bits per heavy atom. The monoisotopic (exact) mass is 271 g/mol. The van der Waals surface area contributed by atoms with Gasteiger partial charge in [0.15, 0.2) is 5.78 Å². The number of Topliss-reactive ketones (excluding diaryl/α,β-unsaturated/α-hetero) is 1. The zero-order valence-corrected chi connectivity index (χ0v) is 11.5. The highest BCUT2D eigenvalue weighted by Crippen LogP contribution is 2.39. The number of imide groups is 1. The van der Waals surface area contributed by atoms with Crippen LogP contribution in [0.25, 0.3) is 0 Å². The molecule has 0 spiro atoms. The molecule has 1 aromatic rings. The summed E-state index contributed by atoms with van der Waals surface area (Å²) >= 11 is 0. The van der Waals surface area contributed by atoms with Gasteiger partial charge in [0.25, 0.3) is 0 Å². The summed E-state index contributed by atoms with van der Waals surface area (Å²) in [6.07, 6.45) is 3.68. The quantitative estimate of drug-likeness (QED) is 0.613. The number of carbonyl (C=O) groups excluding carboxylic acids is 3. The average molecular weight is 271 g/mol.